The number of hydrogen-bond donors (Lipinski definition) is 3. The summed E-state index contributed by atoms with van der Waals surface area (Å²) >= 11 is 0. The van der Waals surface area contributed by atoms with Crippen molar-refractivity contribution in [1.29, 1.82) is 0 Å². The van der Waals surface area contributed by atoms with Crippen LogP contribution in [0.3, 0.4) is 0 Å². The number of aliphatic hydroxyl groups excluding tert-OH is 1. The quantitative estimate of drug-likeness (QED) is 0.482. The molecule has 0 aliphatic heterocycles. The topological polar surface area (TPSA) is 60.7 Å². The highest BCUT2D eigenvalue weighted by Crippen LogP contribution is 2.26. The molecule has 3 nitrogen and oxygen atoms in total. The molecule has 0 aliphatic rings. The Bertz CT molecular complexity index is 305. The first-order chi connectivity index (χ1) is 6.16. The minimum atomic E-state index is -1.63. The maximum atomic E-state index is 9.52. The Kier molecular flexibility index (Phi) is 3.06. The third-order valence-corrected chi connectivity index (χ3v) is 1.79. The van der Waals surface area contributed by atoms with E-state index in [1.54, 1.807) is 18.2 Å². The van der Waals surface area contributed by atoms with E-state index in [4.69, 9.17) is 10.2 Å². The fraction of sp³-hybridized carbons (Fsp3) is 0.200. The van der Waals surface area contributed by atoms with Gasteiger partial charge in [0.05, 0.1) is 0 Å². The second kappa shape index (κ2) is 4.07. The molecule has 0 spiro atoms. The van der Waals surface area contributed by atoms with E-state index in [9.17, 15) is 5.11 Å². The number of aliphatic hydroxyl groups is 2. The van der Waals surface area contributed by atoms with Crippen LogP contribution in [0.25, 0.3) is 0 Å². The Labute approximate surface area is 76.6 Å². The molecule has 0 atom stereocenters. The van der Waals surface area contributed by atoms with Gasteiger partial charge in [-0.05, 0) is 12.0 Å². The van der Waals surface area contributed by atoms with Gasteiger partial charge in [0.15, 0.2) is 6.29 Å². The molecule has 3 N–H and O–H groups in total. The number of para-hydroxylation sites is 1. The number of phenols is 1. The van der Waals surface area contributed by atoms with Gasteiger partial charge in [-0.2, -0.15) is 0 Å². The van der Waals surface area contributed by atoms with Crippen LogP contribution >= 0.6 is 0 Å². The number of phenolic OH excluding ortho intramolecular Hbond substituents is 1. The first-order valence-electron chi connectivity index (χ1n) is 3.94. The Balaban J connectivity index is 3.10. The zero-order chi connectivity index (χ0) is 9.84. The van der Waals surface area contributed by atoms with Crippen LogP contribution in [0.2, 0.25) is 0 Å². The maximum absolute atomic E-state index is 9.52. The fourth-order valence-electron chi connectivity index (χ4n) is 1.14. The van der Waals surface area contributed by atoms with Crippen LogP contribution in [0, 0.1) is 0 Å². The third kappa shape index (κ3) is 2.08. The first kappa shape index (κ1) is 9.77. The van der Waals surface area contributed by atoms with Crippen molar-refractivity contribution in [1.82, 2.24) is 0 Å². The molecule has 0 aromatic heterocycles. The van der Waals surface area contributed by atoms with Crippen molar-refractivity contribution in [3.05, 3.63) is 42.0 Å². The molecule has 0 aliphatic carbocycles. The smallest absolute Gasteiger partial charge is 0.182 e. The van der Waals surface area contributed by atoms with Gasteiger partial charge in [-0.15, -0.1) is 6.58 Å². The fourth-order valence-corrected chi connectivity index (χ4v) is 1.14. The summed E-state index contributed by atoms with van der Waals surface area (Å²) in [4.78, 5) is 0. The van der Waals surface area contributed by atoms with Crippen molar-refractivity contribution >= 4 is 0 Å². The van der Waals surface area contributed by atoms with Crippen molar-refractivity contribution in [3.8, 4) is 5.75 Å². The average molecular weight is 180 g/mol. The summed E-state index contributed by atoms with van der Waals surface area (Å²) in [5, 5.41) is 27.3. The SMILES string of the molecule is C=CCc1cccc(C(O)O)c1O. The third-order valence-electron chi connectivity index (χ3n) is 1.79. The Morgan fingerprint density at radius 2 is 2.08 bits per heavy atom. The normalized spacial score (nSPS) is 10.4. The molecular formula is C10H12O3. The van der Waals surface area contributed by atoms with Crippen LogP contribution in [0.1, 0.15) is 17.4 Å². The van der Waals surface area contributed by atoms with Gasteiger partial charge < -0.3 is 15.3 Å². The number of hydrogen-bond acceptors (Lipinski definition) is 3. The Morgan fingerprint density at radius 3 is 2.62 bits per heavy atom. The van der Waals surface area contributed by atoms with Gasteiger partial charge >= 0.3 is 0 Å². The van der Waals surface area contributed by atoms with Gasteiger partial charge in [0.2, 0.25) is 0 Å². The molecule has 0 unspecified atom stereocenters. The molecule has 1 rings (SSSR count). The van der Waals surface area contributed by atoms with Crippen LogP contribution in [-0.4, -0.2) is 15.3 Å². The molecule has 0 heterocycles. The van der Waals surface area contributed by atoms with E-state index in [0.29, 0.717) is 12.0 Å². The molecule has 70 valence electrons. The van der Waals surface area contributed by atoms with Crippen LogP contribution < -0.4 is 0 Å². The van der Waals surface area contributed by atoms with E-state index in [2.05, 4.69) is 6.58 Å². The van der Waals surface area contributed by atoms with Gasteiger partial charge in [-0.1, -0.05) is 24.3 Å². The molecule has 1 aromatic rings. The largest absolute Gasteiger partial charge is 0.507 e. The van der Waals surface area contributed by atoms with Gasteiger partial charge in [0, 0.05) is 5.56 Å². The summed E-state index contributed by atoms with van der Waals surface area (Å²) in [6.07, 6.45) is 0.513. The zero-order valence-corrected chi connectivity index (χ0v) is 7.14. The molecular weight excluding hydrogens is 168 g/mol. The molecule has 0 fully saturated rings. The monoisotopic (exact) mass is 180 g/mol. The van der Waals surface area contributed by atoms with Gasteiger partial charge in [-0.25, -0.2) is 0 Å². The van der Waals surface area contributed by atoms with Crippen LogP contribution in [0.4, 0.5) is 0 Å². The van der Waals surface area contributed by atoms with Crippen LogP contribution in [0.5, 0.6) is 5.75 Å². The van der Waals surface area contributed by atoms with Gasteiger partial charge in [0.1, 0.15) is 5.75 Å². The molecule has 0 bridgehead atoms. The molecule has 0 amide bonds. The molecule has 1 aromatic carbocycles. The predicted octanol–water partition coefficient (Wildman–Crippen LogP) is 1.10. The first-order valence-corrected chi connectivity index (χ1v) is 3.94. The molecule has 0 saturated heterocycles. The average Bonchev–Trinajstić information content (AvgIpc) is 2.08. The van der Waals surface area contributed by atoms with Crippen LogP contribution in [0.15, 0.2) is 30.9 Å². The summed E-state index contributed by atoms with van der Waals surface area (Å²) < 4.78 is 0. The lowest BCUT2D eigenvalue weighted by Crippen LogP contribution is -1.97. The number of rotatable bonds is 3. The van der Waals surface area contributed by atoms with Crippen molar-refractivity contribution in [2.24, 2.45) is 0 Å². The van der Waals surface area contributed by atoms with Gasteiger partial charge in [-0.3, -0.25) is 0 Å². The second-order valence-electron chi connectivity index (χ2n) is 2.72. The van der Waals surface area contributed by atoms with E-state index in [1.807, 2.05) is 0 Å². The summed E-state index contributed by atoms with van der Waals surface area (Å²) in [5.41, 5.74) is 0.764. The summed E-state index contributed by atoms with van der Waals surface area (Å²) in [7, 11) is 0. The summed E-state index contributed by atoms with van der Waals surface area (Å²) in [5.74, 6) is -0.0719. The summed E-state index contributed by atoms with van der Waals surface area (Å²) in [6.45, 7) is 3.54. The number of aromatic hydroxyl groups is 1. The van der Waals surface area contributed by atoms with E-state index in [0.717, 1.165) is 0 Å². The van der Waals surface area contributed by atoms with E-state index < -0.39 is 6.29 Å². The highest BCUT2D eigenvalue weighted by Gasteiger charge is 2.10. The van der Waals surface area contributed by atoms with Crippen molar-refractivity contribution in [3.63, 3.8) is 0 Å². The summed E-state index contributed by atoms with van der Waals surface area (Å²) in [6, 6.07) is 4.84. The molecule has 0 saturated carbocycles. The lowest BCUT2D eigenvalue weighted by atomic mass is 10.1. The standard InChI is InChI=1S/C10H12O3/c1-2-4-7-5-3-6-8(9(7)11)10(12)13/h2-3,5-6,10-13H,1,4H2. The van der Waals surface area contributed by atoms with Crippen molar-refractivity contribution in [2.75, 3.05) is 0 Å². The molecule has 3 heteroatoms. The zero-order valence-electron chi connectivity index (χ0n) is 7.14. The number of allylic oxidation sites excluding steroid dienone is 1. The number of benzene rings is 1. The maximum Gasteiger partial charge on any atom is 0.182 e. The lowest BCUT2D eigenvalue weighted by molar-refractivity contribution is -0.0439. The van der Waals surface area contributed by atoms with E-state index in [-0.39, 0.29) is 11.3 Å². The minimum absolute atomic E-state index is 0.0719. The van der Waals surface area contributed by atoms with Gasteiger partial charge in [0.25, 0.3) is 0 Å². The molecule has 0 radical (unpaired) electrons. The Hall–Kier alpha value is -1.32. The lowest BCUT2D eigenvalue weighted by Gasteiger charge is -2.09. The Morgan fingerprint density at radius 1 is 1.38 bits per heavy atom. The van der Waals surface area contributed by atoms with Crippen molar-refractivity contribution in [2.45, 2.75) is 12.7 Å². The molecule has 13 heavy (non-hydrogen) atoms. The van der Waals surface area contributed by atoms with E-state index in [1.165, 1.54) is 6.07 Å². The highest BCUT2D eigenvalue weighted by molar-refractivity contribution is 5.41. The van der Waals surface area contributed by atoms with E-state index >= 15 is 0 Å². The second-order valence-corrected chi connectivity index (χ2v) is 2.72. The predicted molar refractivity (Wildman–Crippen MR) is 49.2 cm³/mol. The van der Waals surface area contributed by atoms with Crippen LogP contribution in [-0.2, 0) is 6.42 Å². The van der Waals surface area contributed by atoms with Crippen molar-refractivity contribution < 1.29 is 15.3 Å². The minimum Gasteiger partial charge on any atom is -0.507 e. The highest BCUT2D eigenvalue weighted by atomic mass is 16.5.